The van der Waals surface area contributed by atoms with Crippen molar-refractivity contribution in [3.63, 3.8) is 0 Å². The molecule has 6 heteroatoms. The third-order valence-electron chi connectivity index (χ3n) is 2.95. The number of amides is 1. The fourth-order valence-electron chi connectivity index (χ4n) is 2.01. The summed E-state index contributed by atoms with van der Waals surface area (Å²) in [5.41, 5.74) is 0.694. The van der Waals surface area contributed by atoms with Crippen molar-refractivity contribution in [1.29, 1.82) is 0 Å². The number of ether oxygens (including phenoxy) is 1. The highest BCUT2D eigenvalue weighted by Crippen LogP contribution is 2.10. The Morgan fingerprint density at radius 2 is 2.35 bits per heavy atom. The van der Waals surface area contributed by atoms with Gasteiger partial charge in [-0.3, -0.25) is 9.78 Å². The van der Waals surface area contributed by atoms with Crippen LogP contribution in [0, 0.1) is 0 Å². The Morgan fingerprint density at radius 3 is 3.05 bits per heavy atom. The van der Waals surface area contributed by atoms with Crippen molar-refractivity contribution in [3.8, 4) is 0 Å². The van der Waals surface area contributed by atoms with E-state index in [1.807, 2.05) is 0 Å². The Morgan fingerprint density at radius 1 is 1.50 bits per heavy atom. The molecule has 0 aromatic carbocycles. The number of carbonyl (C=O) groups is 2. The Kier molecular flexibility index (Phi) is 4.84. The number of aliphatic carboxylic acids is 1. The number of pyridine rings is 1. The molecule has 1 amide bonds. The minimum Gasteiger partial charge on any atom is -0.478 e. The van der Waals surface area contributed by atoms with Crippen LogP contribution in [0.3, 0.4) is 0 Å². The average Bonchev–Trinajstić information content (AvgIpc) is 2.46. The van der Waals surface area contributed by atoms with Crippen molar-refractivity contribution < 1.29 is 19.4 Å². The third kappa shape index (κ3) is 3.89. The van der Waals surface area contributed by atoms with Crippen molar-refractivity contribution in [2.45, 2.75) is 18.9 Å². The van der Waals surface area contributed by atoms with Gasteiger partial charge in [-0.1, -0.05) is 6.07 Å². The van der Waals surface area contributed by atoms with E-state index >= 15 is 0 Å². The molecule has 1 atom stereocenters. The van der Waals surface area contributed by atoms with Gasteiger partial charge in [0.05, 0.1) is 12.6 Å². The molecule has 1 unspecified atom stereocenters. The van der Waals surface area contributed by atoms with Crippen LogP contribution in [0.25, 0.3) is 6.08 Å². The molecule has 6 nitrogen and oxygen atoms in total. The molecule has 2 rings (SSSR count). The van der Waals surface area contributed by atoms with Gasteiger partial charge in [0.15, 0.2) is 0 Å². The van der Waals surface area contributed by atoms with Crippen LogP contribution < -0.4 is 5.32 Å². The summed E-state index contributed by atoms with van der Waals surface area (Å²) in [5, 5.41) is 11.5. The molecule has 0 radical (unpaired) electrons. The first-order chi connectivity index (χ1) is 9.66. The zero-order chi connectivity index (χ0) is 14.4. The summed E-state index contributed by atoms with van der Waals surface area (Å²) in [4.78, 5) is 26.7. The molecule has 1 fully saturated rings. The van der Waals surface area contributed by atoms with Gasteiger partial charge in [-0.15, -0.1) is 0 Å². The van der Waals surface area contributed by atoms with Crippen LogP contribution in [-0.2, 0) is 9.53 Å². The van der Waals surface area contributed by atoms with E-state index in [1.54, 1.807) is 12.1 Å². The van der Waals surface area contributed by atoms with E-state index in [0.717, 1.165) is 25.5 Å². The average molecular weight is 276 g/mol. The van der Waals surface area contributed by atoms with Crippen molar-refractivity contribution in [2.75, 3.05) is 13.2 Å². The van der Waals surface area contributed by atoms with Gasteiger partial charge >= 0.3 is 5.97 Å². The number of nitrogens with zero attached hydrogens (tertiary/aromatic N) is 1. The van der Waals surface area contributed by atoms with Crippen LogP contribution in [0.4, 0.5) is 0 Å². The SMILES string of the molecule is O=C(O)/C=C/c1cccnc1C(=O)NC1CCCOC1. The number of hydrogen-bond donors (Lipinski definition) is 2. The van der Waals surface area contributed by atoms with Crippen LogP contribution >= 0.6 is 0 Å². The van der Waals surface area contributed by atoms with E-state index in [-0.39, 0.29) is 17.6 Å². The van der Waals surface area contributed by atoms with Crippen LogP contribution in [0.1, 0.15) is 28.9 Å². The molecule has 1 aromatic rings. The van der Waals surface area contributed by atoms with Gasteiger partial charge in [-0.25, -0.2) is 4.79 Å². The lowest BCUT2D eigenvalue weighted by Gasteiger charge is -2.23. The fraction of sp³-hybridized carbons (Fsp3) is 0.357. The minimum atomic E-state index is -1.07. The number of nitrogens with one attached hydrogen (secondary N) is 1. The summed E-state index contributed by atoms with van der Waals surface area (Å²) < 4.78 is 5.30. The molecule has 1 aromatic heterocycles. The molecule has 0 aliphatic carbocycles. The summed E-state index contributed by atoms with van der Waals surface area (Å²) in [6, 6.07) is 3.29. The summed E-state index contributed by atoms with van der Waals surface area (Å²) in [6.07, 6.45) is 5.64. The number of aromatic nitrogens is 1. The first kappa shape index (κ1) is 14.2. The quantitative estimate of drug-likeness (QED) is 0.804. The summed E-state index contributed by atoms with van der Waals surface area (Å²) in [7, 11) is 0. The Balaban J connectivity index is 2.10. The lowest BCUT2D eigenvalue weighted by Crippen LogP contribution is -2.41. The van der Waals surface area contributed by atoms with Crippen LogP contribution in [0.15, 0.2) is 24.4 Å². The Labute approximate surface area is 116 Å². The molecule has 1 saturated heterocycles. The van der Waals surface area contributed by atoms with E-state index in [4.69, 9.17) is 9.84 Å². The molecule has 0 spiro atoms. The molecule has 0 bridgehead atoms. The molecule has 2 N–H and O–H groups in total. The molecule has 1 aliphatic rings. The number of carboxylic acid groups (broad SMARTS) is 1. The standard InChI is InChI=1S/C14H16N2O4/c17-12(18)6-5-10-3-1-7-15-13(10)14(19)16-11-4-2-8-20-9-11/h1,3,5-7,11H,2,4,8-9H2,(H,16,19)(H,17,18)/b6-5+. The second-order valence-corrected chi connectivity index (χ2v) is 4.50. The van der Waals surface area contributed by atoms with Gasteiger partial charge in [-0.2, -0.15) is 0 Å². The number of rotatable bonds is 4. The minimum absolute atomic E-state index is 0.0189. The number of carboxylic acids is 1. The predicted molar refractivity (Wildman–Crippen MR) is 72.2 cm³/mol. The molecular weight excluding hydrogens is 260 g/mol. The van der Waals surface area contributed by atoms with Crippen LogP contribution in [-0.4, -0.2) is 41.2 Å². The number of carbonyl (C=O) groups excluding carboxylic acids is 1. The molecule has 106 valence electrons. The van der Waals surface area contributed by atoms with Crippen molar-refractivity contribution in [2.24, 2.45) is 0 Å². The predicted octanol–water partition coefficient (Wildman–Crippen LogP) is 1.09. The van der Waals surface area contributed by atoms with E-state index in [9.17, 15) is 9.59 Å². The van der Waals surface area contributed by atoms with E-state index in [2.05, 4.69) is 10.3 Å². The maximum Gasteiger partial charge on any atom is 0.328 e. The molecule has 2 heterocycles. The number of hydrogen-bond acceptors (Lipinski definition) is 4. The first-order valence-corrected chi connectivity index (χ1v) is 6.41. The smallest absolute Gasteiger partial charge is 0.328 e. The Hall–Kier alpha value is -2.21. The highest BCUT2D eigenvalue weighted by molar-refractivity contribution is 5.97. The normalized spacial score (nSPS) is 18.9. The van der Waals surface area contributed by atoms with Gasteiger partial charge in [0, 0.05) is 24.4 Å². The zero-order valence-corrected chi connectivity index (χ0v) is 10.9. The first-order valence-electron chi connectivity index (χ1n) is 6.41. The highest BCUT2D eigenvalue weighted by Gasteiger charge is 2.19. The molecule has 0 saturated carbocycles. The second-order valence-electron chi connectivity index (χ2n) is 4.50. The molecule has 20 heavy (non-hydrogen) atoms. The molecular formula is C14H16N2O4. The maximum absolute atomic E-state index is 12.2. The summed E-state index contributed by atoms with van der Waals surface area (Å²) in [5.74, 6) is -1.38. The van der Waals surface area contributed by atoms with Gasteiger partial charge in [0.1, 0.15) is 5.69 Å². The van der Waals surface area contributed by atoms with Crippen LogP contribution in [0.2, 0.25) is 0 Å². The topological polar surface area (TPSA) is 88.5 Å². The van der Waals surface area contributed by atoms with Crippen molar-refractivity contribution in [3.05, 3.63) is 35.7 Å². The maximum atomic E-state index is 12.2. The highest BCUT2D eigenvalue weighted by atomic mass is 16.5. The van der Waals surface area contributed by atoms with Gasteiger partial charge in [-0.05, 0) is 25.0 Å². The lowest BCUT2D eigenvalue weighted by molar-refractivity contribution is -0.131. The van der Waals surface area contributed by atoms with Crippen molar-refractivity contribution in [1.82, 2.24) is 10.3 Å². The molecule has 1 aliphatic heterocycles. The monoisotopic (exact) mass is 276 g/mol. The third-order valence-corrected chi connectivity index (χ3v) is 2.95. The van der Waals surface area contributed by atoms with Crippen LogP contribution in [0.5, 0.6) is 0 Å². The van der Waals surface area contributed by atoms with E-state index in [0.29, 0.717) is 12.2 Å². The Bertz CT molecular complexity index is 522. The van der Waals surface area contributed by atoms with E-state index in [1.165, 1.54) is 12.3 Å². The zero-order valence-electron chi connectivity index (χ0n) is 10.9. The summed E-state index contributed by atoms with van der Waals surface area (Å²) >= 11 is 0. The van der Waals surface area contributed by atoms with Gasteiger partial charge in [0.25, 0.3) is 5.91 Å². The van der Waals surface area contributed by atoms with Gasteiger partial charge in [0.2, 0.25) is 0 Å². The fourth-order valence-corrected chi connectivity index (χ4v) is 2.01. The largest absolute Gasteiger partial charge is 0.478 e. The van der Waals surface area contributed by atoms with Gasteiger partial charge < -0.3 is 15.2 Å². The van der Waals surface area contributed by atoms with E-state index < -0.39 is 5.97 Å². The lowest BCUT2D eigenvalue weighted by atomic mass is 10.1. The second kappa shape index (κ2) is 6.81. The summed E-state index contributed by atoms with van der Waals surface area (Å²) in [6.45, 7) is 1.22. The van der Waals surface area contributed by atoms with Crippen molar-refractivity contribution >= 4 is 18.0 Å².